The lowest BCUT2D eigenvalue weighted by molar-refractivity contribution is -0.137. The highest BCUT2D eigenvalue weighted by Crippen LogP contribution is 2.29. The van der Waals surface area contributed by atoms with Gasteiger partial charge in [0.05, 0.1) is 31.3 Å². The van der Waals surface area contributed by atoms with Crippen molar-refractivity contribution in [1.82, 2.24) is 14.7 Å². The van der Waals surface area contributed by atoms with Gasteiger partial charge in [0, 0.05) is 12.4 Å². The Hall–Kier alpha value is -3.03. The highest BCUT2D eigenvalue weighted by Gasteiger charge is 2.30. The molecule has 2 heterocycles. The van der Waals surface area contributed by atoms with E-state index in [4.69, 9.17) is 4.74 Å². The number of imidazole rings is 1. The number of methoxy groups -OCH3 is 1. The number of benzene rings is 1. The number of carbonyl (C=O) groups is 1. The van der Waals surface area contributed by atoms with E-state index in [-0.39, 0.29) is 18.9 Å². The lowest BCUT2D eigenvalue weighted by atomic mass is 10.1. The quantitative estimate of drug-likeness (QED) is 0.757. The molecule has 0 radical (unpaired) electrons. The fourth-order valence-electron chi connectivity index (χ4n) is 2.48. The maximum absolute atomic E-state index is 12.7. The topological polar surface area (TPSA) is 55.6 Å². The molecule has 1 N–H and O–H groups in total. The van der Waals surface area contributed by atoms with E-state index in [0.717, 1.165) is 17.8 Å². The molecule has 136 valence electrons. The number of carbonyl (C=O) groups excluding carboxylic acids is 1. The normalized spacial score (nSPS) is 11.5. The van der Waals surface area contributed by atoms with Crippen LogP contribution in [0.15, 0.2) is 48.8 Å². The van der Waals surface area contributed by atoms with Crippen molar-refractivity contribution in [2.75, 3.05) is 7.11 Å². The van der Waals surface area contributed by atoms with Crippen molar-refractivity contribution >= 4 is 11.6 Å². The summed E-state index contributed by atoms with van der Waals surface area (Å²) in [5.41, 5.74) is 0.940. The number of amides is 1. The van der Waals surface area contributed by atoms with Crippen molar-refractivity contribution in [3.63, 3.8) is 0 Å². The van der Waals surface area contributed by atoms with Crippen LogP contribution in [-0.2, 0) is 23.9 Å². The van der Waals surface area contributed by atoms with Gasteiger partial charge >= 0.3 is 6.18 Å². The number of halogens is 3. The molecule has 0 fully saturated rings. The molecule has 2 aromatic heterocycles. The summed E-state index contributed by atoms with van der Waals surface area (Å²) in [6, 6.07) is 9.40. The molecule has 0 saturated carbocycles. The molecule has 0 aliphatic heterocycles. The van der Waals surface area contributed by atoms with E-state index in [0.29, 0.717) is 17.1 Å². The Morgan fingerprint density at radius 2 is 1.88 bits per heavy atom. The molecule has 0 unspecified atom stereocenters. The van der Waals surface area contributed by atoms with E-state index in [1.54, 1.807) is 31.4 Å². The molecule has 0 aliphatic rings. The van der Waals surface area contributed by atoms with Gasteiger partial charge in [-0.15, -0.1) is 0 Å². The number of alkyl halides is 3. The second-order valence-electron chi connectivity index (χ2n) is 5.71. The van der Waals surface area contributed by atoms with E-state index in [2.05, 4.69) is 10.3 Å². The van der Waals surface area contributed by atoms with E-state index < -0.39 is 11.7 Å². The average molecular weight is 363 g/mol. The van der Waals surface area contributed by atoms with Crippen molar-refractivity contribution in [2.45, 2.75) is 19.1 Å². The summed E-state index contributed by atoms with van der Waals surface area (Å²) in [6.07, 6.45) is -1.77. The molecule has 26 heavy (non-hydrogen) atoms. The summed E-state index contributed by atoms with van der Waals surface area (Å²) >= 11 is 0. The summed E-state index contributed by atoms with van der Waals surface area (Å²) in [7, 11) is 1.56. The predicted molar refractivity (Wildman–Crippen MR) is 88.7 cm³/mol. The molecule has 3 rings (SSSR count). The smallest absolute Gasteiger partial charge is 0.417 e. The predicted octanol–water partition coefficient (Wildman–Crippen LogP) is 3.22. The van der Waals surface area contributed by atoms with Crippen molar-refractivity contribution in [3.05, 3.63) is 65.6 Å². The molecule has 3 aromatic rings. The molecule has 0 aliphatic carbocycles. The van der Waals surface area contributed by atoms with Gasteiger partial charge in [-0.2, -0.15) is 13.2 Å². The van der Waals surface area contributed by atoms with Crippen molar-refractivity contribution in [2.24, 2.45) is 0 Å². The van der Waals surface area contributed by atoms with Crippen molar-refractivity contribution in [1.29, 1.82) is 0 Å². The van der Waals surface area contributed by atoms with E-state index in [1.807, 2.05) is 0 Å². The SMILES string of the molecule is COc1ccc(CC(=O)NCc2cn3cc(C(F)(F)F)ccc3n2)cc1. The largest absolute Gasteiger partial charge is 0.497 e. The van der Waals surface area contributed by atoms with E-state index in [1.165, 1.54) is 16.7 Å². The maximum Gasteiger partial charge on any atom is 0.417 e. The van der Waals surface area contributed by atoms with E-state index >= 15 is 0 Å². The summed E-state index contributed by atoms with van der Waals surface area (Å²) < 4.78 is 44.6. The second-order valence-corrected chi connectivity index (χ2v) is 5.71. The zero-order valence-electron chi connectivity index (χ0n) is 13.9. The number of hydrogen-bond acceptors (Lipinski definition) is 3. The van der Waals surface area contributed by atoms with Crippen LogP contribution >= 0.6 is 0 Å². The number of rotatable bonds is 5. The summed E-state index contributed by atoms with van der Waals surface area (Å²) in [6.45, 7) is 0.137. The zero-order chi connectivity index (χ0) is 18.7. The van der Waals surface area contributed by atoms with Gasteiger partial charge in [0.25, 0.3) is 0 Å². The lowest BCUT2D eigenvalue weighted by Crippen LogP contribution is -2.24. The standard InChI is InChI=1S/C18H16F3N3O2/c1-26-15-5-2-12(3-6-15)8-17(25)22-9-14-11-24-10-13(18(19,20)21)4-7-16(24)23-14/h2-7,10-11H,8-9H2,1H3,(H,22,25). The van der Waals surface area contributed by atoms with Crippen LogP contribution in [0.1, 0.15) is 16.8 Å². The van der Waals surface area contributed by atoms with Crippen molar-refractivity contribution in [3.8, 4) is 5.75 Å². The molecule has 0 atom stereocenters. The van der Waals surface area contributed by atoms with Gasteiger partial charge in [0.15, 0.2) is 0 Å². The van der Waals surface area contributed by atoms with Gasteiger partial charge in [-0.1, -0.05) is 12.1 Å². The lowest BCUT2D eigenvalue weighted by Gasteiger charge is -2.05. The molecule has 0 spiro atoms. The minimum atomic E-state index is -4.41. The third-order valence-electron chi connectivity index (χ3n) is 3.82. The van der Waals surface area contributed by atoms with Crippen LogP contribution in [-0.4, -0.2) is 22.4 Å². The number of pyridine rings is 1. The monoisotopic (exact) mass is 363 g/mol. The summed E-state index contributed by atoms with van der Waals surface area (Å²) in [4.78, 5) is 16.2. The van der Waals surface area contributed by atoms with Crippen molar-refractivity contribution < 1.29 is 22.7 Å². The first-order valence-electron chi connectivity index (χ1n) is 7.79. The molecule has 0 bridgehead atoms. The third kappa shape index (κ3) is 4.14. The summed E-state index contributed by atoms with van der Waals surface area (Å²) in [5, 5.41) is 2.71. The van der Waals surface area contributed by atoms with Gasteiger partial charge in [0.1, 0.15) is 11.4 Å². The van der Waals surface area contributed by atoms with Crippen LogP contribution in [0.4, 0.5) is 13.2 Å². The zero-order valence-corrected chi connectivity index (χ0v) is 13.9. The Bertz CT molecular complexity index is 918. The fourth-order valence-corrected chi connectivity index (χ4v) is 2.48. The Kier molecular flexibility index (Phi) is 4.83. The number of fused-ring (bicyclic) bond motifs is 1. The van der Waals surface area contributed by atoms with E-state index in [9.17, 15) is 18.0 Å². The molecular weight excluding hydrogens is 347 g/mol. The number of nitrogens with zero attached hydrogens (tertiary/aromatic N) is 2. The molecule has 1 aromatic carbocycles. The molecule has 8 heteroatoms. The number of aromatic nitrogens is 2. The minimum absolute atomic E-state index is 0.137. The van der Waals surface area contributed by atoms with Crippen LogP contribution in [0.5, 0.6) is 5.75 Å². The first-order valence-corrected chi connectivity index (χ1v) is 7.79. The van der Waals surface area contributed by atoms with Gasteiger partial charge in [-0.3, -0.25) is 4.79 Å². The molecule has 1 amide bonds. The van der Waals surface area contributed by atoms with Crippen LogP contribution in [0.3, 0.4) is 0 Å². The Labute approximate surface area is 147 Å². The molecular formula is C18H16F3N3O2. The van der Waals surface area contributed by atoms with Crippen LogP contribution in [0.25, 0.3) is 5.65 Å². The van der Waals surface area contributed by atoms with Gasteiger partial charge in [0.2, 0.25) is 5.91 Å². The van der Waals surface area contributed by atoms with Gasteiger partial charge < -0.3 is 14.5 Å². The first kappa shape index (κ1) is 17.8. The van der Waals surface area contributed by atoms with Crippen LogP contribution in [0, 0.1) is 0 Å². The third-order valence-corrected chi connectivity index (χ3v) is 3.82. The highest BCUT2D eigenvalue weighted by atomic mass is 19.4. The van der Waals surface area contributed by atoms with Crippen LogP contribution in [0.2, 0.25) is 0 Å². The number of nitrogens with one attached hydrogen (secondary N) is 1. The van der Waals surface area contributed by atoms with Gasteiger partial charge in [-0.05, 0) is 29.8 Å². The number of ether oxygens (including phenoxy) is 1. The fraction of sp³-hybridized carbons (Fsp3) is 0.222. The maximum atomic E-state index is 12.7. The Morgan fingerprint density at radius 1 is 1.15 bits per heavy atom. The van der Waals surface area contributed by atoms with Crippen LogP contribution < -0.4 is 10.1 Å². The first-order chi connectivity index (χ1) is 12.3. The molecule has 5 nitrogen and oxygen atoms in total. The average Bonchev–Trinajstić information content (AvgIpc) is 3.02. The highest BCUT2D eigenvalue weighted by molar-refractivity contribution is 5.78. The minimum Gasteiger partial charge on any atom is -0.497 e. The number of hydrogen-bond donors (Lipinski definition) is 1. The Balaban J connectivity index is 1.62. The van der Waals surface area contributed by atoms with Gasteiger partial charge in [-0.25, -0.2) is 4.98 Å². The Morgan fingerprint density at radius 3 is 2.54 bits per heavy atom. The second kappa shape index (κ2) is 7.07. The molecule has 0 saturated heterocycles. The summed E-state index contributed by atoms with van der Waals surface area (Å²) in [5.74, 6) is 0.500.